The van der Waals surface area contributed by atoms with Crippen LogP contribution in [-0.4, -0.2) is 49.1 Å². The SMILES string of the molecule is CC(C)(C)OC(=O)CCOCCOCC(=O)O. The summed E-state index contributed by atoms with van der Waals surface area (Å²) in [6, 6.07) is 0. The molecule has 0 aliphatic heterocycles. The number of aliphatic carboxylic acids is 1. The van der Waals surface area contributed by atoms with E-state index < -0.39 is 11.6 Å². The maximum atomic E-state index is 11.2. The highest BCUT2D eigenvalue weighted by Crippen LogP contribution is 2.07. The zero-order valence-electron chi connectivity index (χ0n) is 10.5. The summed E-state index contributed by atoms with van der Waals surface area (Å²) < 4.78 is 14.9. The lowest BCUT2D eigenvalue weighted by atomic mass is 10.2. The van der Waals surface area contributed by atoms with Crippen LogP contribution in [-0.2, 0) is 23.8 Å². The van der Waals surface area contributed by atoms with Crippen molar-refractivity contribution in [1.29, 1.82) is 0 Å². The molecule has 0 amide bonds. The summed E-state index contributed by atoms with van der Waals surface area (Å²) in [5.41, 5.74) is -0.484. The number of hydrogen-bond acceptors (Lipinski definition) is 5. The number of esters is 1. The average molecular weight is 248 g/mol. The summed E-state index contributed by atoms with van der Waals surface area (Å²) in [5.74, 6) is -1.33. The van der Waals surface area contributed by atoms with Gasteiger partial charge in [-0.15, -0.1) is 0 Å². The molecule has 0 radical (unpaired) electrons. The van der Waals surface area contributed by atoms with Crippen molar-refractivity contribution in [3.05, 3.63) is 0 Å². The molecule has 0 spiro atoms. The molecule has 0 aromatic carbocycles. The molecule has 0 unspecified atom stereocenters. The molecule has 0 atom stereocenters. The van der Waals surface area contributed by atoms with E-state index in [4.69, 9.17) is 19.3 Å². The average Bonchev–Trinajstić information content (AvgIpc) is 2.12. The van der Waals surface area contributed by atoms with Crippen LogP contribution in [0.3, 0.4) is 0 Å². The molecular formula is C11H20O6. The zero-order valence-corrected chi connectivity index (χ0v) is 10.5. The quantitative estimate of drug-likeness (QED) is 0.506. The van der Waals surface area contributed by atoms with Gasteiger partial charge in [-0.3, -0.25) is 4.79 Å². The Hall–Kier alpha value is -1.14. The van der Waals surface area contributed by atoms with E-state index in [1.54, 1.807) is 20.8 Å². The van der Waals surface area contributed by atoms with Gasteiger partial charge in [0, 0.05) is 0 Å². The Bertz CT molecular complexity index is 243. The van der Waals surface area contributed by atoms with E-state index in [1.165, 1.54) is 0 Å². The maximum absolute atomic E-state index is 11.2. The predicted octanol–water partition coefficient (Wildman–Crippen LogP) is 0.836. The van der Waals surface area contributed by atoms with Gasteiger partial charge in [-0.2, -0.15) is 0 Å². The molecule has 6 nitrogen and oxygen atoms in total. The number of carboxylic acid groups (broad SMARTS) is 1. The number of carboxylic acids is 1. The van der Waals surface area contributed by atoms with Gasteiger partial charge in [0.25, 0.3) is 0 Å². The van der Waals surface area contributed by atoms with Crippen LogP contribution in [0.25, 0.3) is 0 Å². The molecule has 1 N–H and O–H groups in total. The number of carbonyl (C=O) groups is 2. The van der Waals surface area contributed by atoms with Crippen LogP contribution < -0.4 is 0 Å². The van der Waals surface area contributed by atoms with Crippen LogP contribution in [0.1, 0.15) is 27.2 Å². The van der Waals surface area contributed by atoms with Crippen molar-refractivity contribution in [1.82, 2.24) is 0 Å². The summed E-state index contributed by atoms with van der Waals surface area (Å²) in [4.78, 5) is 21.3. The van der Waals surface area contributed by atoms with Crippen molar-refractivity contribution in [2.24, 2.45) is 0 Å². The topological polar surface area (TPSA) is 82.1 Å². The summed E-state index contributed by atoms with van der Waals surface area (Å²) in [6.45, 7) is 5.75. The van der Waals surface area contributed by atoms with E-state index in [-0.39, 0.29) is 38.8 Å². The Labute approximate surface area is 101 Å². The van der Waals surface area contributed by atoms with Crippen molar-refractivity contribution in [2.45, 2.75) is 32.8 Å². The summed E-state index contributed by atoms with van der Waals surface area (Å²) in [5, 5.41) is 8.27. The third-order valence-corrected chi connectivity index (χ3v) is 1.47. The first-order chi connectivity index (χ1) is 7.81. The fourth-order valence-electron chi connectivity index (χ4n) is 0.927. The molecule has 0 aromatic rings. The molecule has 0 saturated heterocycles. The highest BCUT2D eigenvalue weighted by molar-refractivity contribution is 5.69. The van der Waals surface area contributed by atoms with Crippen molar-refractivity contribution in [3.8, 4) is 0 Å². The molecule has 0 rings (SSSR count). The lowest BCUT2D eigenvalue weighted by Gasteiger charge is -2.19. The molecule has 0 aromatic heterocycles. The van der Waals surface area contributed by atoms with Gasteiger partial charge in [-0.05, 0) is 20.8 Å². The van der Waals surface area contributed by atoms with Gasteiger partial charge in [0.1, 0.15) is 12.2 Å². The molecule has 0 aliphatic rings. The number of ether oxygens (including phenoxy) is 3. The first kappa shape index (κ1) is 15.9. The van der Waals surface area contributed by atoms with Gasteiger partial charge < -0.3 is 19.3 Å². The zero-order chi connectivity index (χ0) is 13.3. The van der Waals surface area contributed by atoms with Crippen LogP contribution in [0.15, 0.2) is 0 Å². The summed E-state index contributed by atoms with van der Waals surface area (Å²) in [6.07, 6.45) is 0.177. The fraction of sp³-hybridized carbons (Fsp3) is 0.818. The van der Waals surface area contributed by atoms with E-state index in [0.29, 0.717) is 0 Å². The van der Waals surface area contributed by atoms with Crippen molar-refractivity contribution < 1.29 is 28.9 Å². The lowest BCUT2D eigenvalue weighted by Crippen LogP contribution is -2.24. The van der Waals surface area contributed by atoms with Gasteiger partial charge in [-0.25, -0.2) is 4.79 Å². The maximum Gasteiger partial charge on any atom is 0.329 e. The molecule has 100 valence electrons. The van der Waals surface area contributed by atoms with Crippen molar-refractivity contribution in [2.75, 3.05) is 26.4 Å². The molecule has 17 heavy (non-hydrogen) atoms. The molecular weight excluding hydrogens is 228 g/mol. The van der Waals surface area contributed by atoms with E-state index in [9.17, 15) is 9.59 Å². The first-order valence-corrected chi connectivity index (χ1v) is 5.40. The monoisotopic (exact) mass is 248 g/mol. The van der Waals surface area contributed by atoms with Gasteiger partial charge in [-0.1, -0.05) is 0 Å². The van der Waals surface area contributed by atoms with E-state index in [0.717, 1.165) is 0 Å². The number of rotatable bonds is 8. The Morgan fingerprint density at radius 3 is 2.18 bits per heavy atom. The minimum Gasteiger partial charge on any atom is -0.480 e. The fourth-order valence-corrected chi connectivity index (χ4v) is 0.927. The molecule has 0 bridgehead atoms. The largest absolute Gasteiger partial charge is 0.480 e. The van der Waals surface area contributed by atoms with Crippen molar-refractivity contribution >= 4 is 11.9 Å². The highest BCUT2D eigenvalue weighted by atomic mass is 16.6. The van der Waals surface area contributed by atoms with Crippen LogP contribution in [0.4, 0.5) is 0 Å². The van der Waals surface area contributed by atoms with Crippen LogP contribution in [0, 0.1) is 0 Å². The second kappa shape index (κ2) is 8.03. The standard InChI is InChI=1S/C11H20O6/c1-11(2,3)17-10(14)4-5-15-6-7-16-8-9(12)13/h4-8H2,1-3H3,(H,12,13). The van der Waals surface area contributed by atoms with Gasteiger partial charge in [0.15, 0.2) is 0 Å². The Morgan fingerprint density at radius 2 is 1.65 bits per heavy atom. The minimum atomic E-state index is -1.02. The Kier molecular flexibility index (Phi) is 7.49. The Morgan fingerprint density at radius 1 is 1.06 bits per heavy atom. The molecule has 0 aliphatic carbocycles. The van der Waals surface area contributed by atoms with Gasteiger partial charge >= 0.3 is 11.9 Å². The molecule has 6 heteroatoms. The summed E-state index contributed by atoms with van der Waals surface area (Å²) >= 11 is 0. The first-order valence-electron chi connectivity index (χ1n) is 5.40. The van der Waals surface area contributed by atoms with Crippen LogP contribution in [0.2, 0.25) is 0 Å². The Balaban J connectivity index is 3.34. The second-order valence-corrected chi connectivity index (χ2v) is 4.40. The van der Waals surface area contributed by atoms with Crippen LogP contribution in [0.5, 0.6) is 0 Å². The van der Waals surface area contributed by atoms with E-state index in [1.807, 2.05) is 0 Å². The number of hydrogen-bond donors (Lipinski definition) is 1. The molecule has 0 saturated carbocycles. The predicted molar refractivity (Wildman–Crippen MR) is 59.7 cm³/mol. The third kappa shape index (κ3) is 12.8. The van der Waals surface area contributed by atoms with Gasteiger partial charge in [0.05, 0.1) is 26.2 Å². The van der Waals surface area contributed by atoms with Gasteiger partial charge in [0.2, 0.25) is 0 Å². The molecule has 0 fully saturated rings. The highest BCUT2D eigenvalue weighted by Gasteiger charge is 2.15. The van der Waals surface area contributed by atoms with E-state index in [2.05, 4.69) is 0 Å². The van der Waals surface area contributed by atoms with Crippen LogP contribution >= 0.6 is 0 Å². The second-order valence-electron chi connectivity index (χ2n) is 4.40. The van der Waals surface area contributed by atoms with E-state index >= 15 is 0 Å². The normalized spacial score (nSPS) is 11.2. The minimum absolute atomic E-state index is 0.177. The summed E-state index contributed by atoms with van der Waals surface area (Å²) in [7, 11) is 0. The molecule has 0 heterocycles. The third-order valence-electron chi connectivity index (χ3n) is 1.47. The van der Waals surface area contributed by atoms with Crippen molar-refractivity contribution in [3.63, 3.8) is 0 Å². The smallest absolute Gasteiger partial charge is 0.329 e. The lowest BCUT2D eigenvalue weighted by molar-refractivity contribution is -0.156. The number of carbonyl (C=O) groups excluding carboxylic acids is 1.